The molecule has 0 aromatic heterocycles. The highest BCUT2D eigenvalue weighted by Gasteiger charge is 2.38. The van der Waals surface area contributed by atoms with Crippen molar-refractivity contribution in [3.05, 3.63) is 36.9 Å². The van der Waals surface area contributed by atoms with Crippen LogP contribution in [0.3, 0.4) is 0 Å². The molecule has 3 aliphatic rings. The predicted octanol–water partition coefficient (Wildman–Crippen LogP) is 1.82. The highest BCUT2D eigenvalue weighted by atomic mass is 32.2. The van der Waals surface area contributed by atoms with Crippen molar-refractivity contribution in [3.63, 3.8) is 0 Å². The van der Waals surface area contributed by atoms with Gasteiger partial charge in [0.2, 0.25) is 15.9 Å². The second-order valence-electron chi connectivity index (χ2n) is 6.89. The zero-order valence-electron chi connectivity index (χ0n) is 14.4. The van der Waals surface area contributed by atoms with Crippen molar-refractivity contribution in [2.24, 2.45) is 11.8 Å². The fourth-order valence-electron chi connectivity index (χ4n) is 3.87. The number of hydrogen-bond acceptors (Lipinski definition) is 4. The number of nitrogens with one attached hydrogen (secondary N) is 2. The molecular weight excluding hydrogens is 338 g/mol. The molecule has 136 valence electrons. The van der Waals surface area contributed by atoms with E-state index in [0.29, 0.717) is 24.1 Å². The van der Waals surface area contributed by atoms with Crippen LogP contribution in [0.4, 0.5) is 5.69 Å². The maximum atomic E-state index is 12.5. The van der Waals surface area contributed by atoms with Crippen molar-refractivity contribution in [1.82, 2.24) is 9.62 Å². The molecular formula is C18H25N3O3S. The topological polar surface area (TPSA) is 78.5 Å². The summed E-state index contributed by atoms with van der Waals surface area (Å²) in [6.07, 6.45) is 4.22. The van der Waals surface area contributed by atoms with Crippen LogP contribution in [0, 0.1) is 11.8 Å². The molecule has 2 bridgehead atoms. The van der Waals surface area contributed by atoms with Gasteiger partial charge < -0.3 is 5.32 Å². The number of amides is 1. The highest BCUT2D eigenvalue weighted by Crippen LogP contribution is 2.36. The molecule has 3 saturated heterocycles. The fourth-order valence-corrected chi connectivity index (χ4v) is 4.94. The molecule has 0 radical (unpaired) electrons. The molecule has 3 fully saturated rings. The molecule has 3 aliphatic heterocycles. The summed E-state index contributed by atoms with van der Waals surface area (Å²) in [5.41, 5.74) is 0.581. The molecule has 7 heteroatoms. The molecule has 0 spiro atoms. The van der Waals surface area contributed by atoms with Crippen molar-refractivity contribution >= 4 is 21.6 Å². The van der Waals surface area contributed by atoms with E-state index in [1.54, 1.807) is 12.1 Å². The number of sulfonamides is 1. The quantitative estimate of drug-likeness (QED) is 0.756. The minimum absolute atomic E-state index is 0.187. The summed E-state index contributed by atoms with van der Waals surface area (Å²) in [6.45, 7) is 7.77. The average molecular weight is 363 g/mol. The molecule has 4 unspecified atom stereocenters. The fraction of sp³-hybridized carbons (Fsp3) is 0.500. The molecule has 3 heterocycles. The number of carbonyl (C=O) groups is 1. The first-order chi connectivity index (χ1) is 11.9. The van der Waals surface area contributed by atoms with E-state index in [2.05, 4.69) is 21.5 Å². The van der Waals surface area contributed by atoms with Gasteiger partial charge in [-0.1, -0.05) is 6.08 Å². The predicted molar refractivity (Wildman–Crippen MR) is 97.7 cm³/mol. The van der Waals surface area contributed by atoms with Crippen molar-refractivity contribution in [2.75, 3.05) is 25.0 Å². The van der Waals surface area contributed by atoms with E-state index in [0.717, 1.165) is 19.5 Å². The normalized spacial score (nSPS) is 28.5. The van der Waals surface area contributed by atoms with Gasteiger partial charge in [0.1, 0.15) is 0 Å². The summed E-state index contributed by atoms with van der Waals surface area (Å²) < 4.78 is 27.7. The number of anilines is 1. The van der Waals surface area contributed by atoms with Crippen LogP contribution >= 0.6 is 0 Å². The summed E-state index contributed by atoms with van der Waals surface area (Å²) in [6, 6.07) is 6.46. The van der Waals surface area contributed by atoms with Crippen LogP contribution in [0.5, 0.6) is 0 Å². The second kappa shape index (κ2) is 7.27. The summed E-state index contributed by atoms with van der Waals surface area (Å²) in [5.74, 6) is 0.963. The van der Waals surface area contributed by atoms with E-state index in [1.807, 2.05) is 6.08 Å². The Balaban J connectivity index is 1.61. The van der Waals surface area contributed by atoms with Gasteiger partial charge in [-0.2, -0.15) is 0 Å². The Bertz CT molecular complexity index is 745. The van der Waals surface area contributed by atoms with E-state index in [-0.39, 0.29) is 16.8 Å². The number of benzene rings is 1. The summed E-state index contributed by atoms with van der Waals surface area (Å²) >= 11 is 0. The van der Waals surface area contributed by atoms with E-state index >= 15 is 0 Å². The Morgan fingerprint density at radius 2 is 2.08 bits per heavy atom. The molecule has 1 aromatic rings. The molecule has 0 saturated carbocycles. The Kier molecular flexibility index (Phi) is 5.27. The number of piperidine rings is 3. The van der Waals surface area contributed by atoms with Crippen molar-refractivity contribution < 1.29 is 13.2 Å². The first-order valence-electron chi connectivity index (χ1n) is 8.63. The van der Waals surface area contributed by atoms with Gasteiger partial charge in [-0.25, -0.2) is 13.1 Å². The van der Waals surface area contributed by atoms with Crippen LogP contribution in [0.2, 0.25) is 0 Å². The zero-order chi connectivity index (χ0) is 18.0. The van der Waals surface area contributed by atoms with Gasteiger partial charge >= 0.3 is 0 Å². The van der Waals surface area contributed by atoms with Gasteiger partial charge in [0.05, 0.1) is 4.90 Å². The smallest absolute Gasteiger partial charge is 0.240 e. The number of hydrogen-bond donors (Lipinski definition) is 2. The lowest BCUT2D eigenvalue weighted by molar-refractivity contribution is -0.114. The number of rotatable bonds is 6. The van der Waals surface area contributed by atoms with Gasteiger partial charge in [-0.3, -0.25) is 9.69 Å². The van der Waals surface area contributed by atoms with Crippen LogP contribution < -0.4 is 10.0 Å². The third kappa shape index (κ3) is 4.11. The highest BCUT2D eigenvalue weighted by molar-refractivity contribution is 7.89. The molecule has 25 heavy (non-hydrogen) atoms. The van der Waals surface area contributed by atoms with Gasteiger partial charge in [0.15, 0.2) is 0 Å². The molecule has 4 atom stereocenters. The van der Waals surface area contributed by atoms with Crippen LogP contribution in [0.1, 0.15) is 19.8 Å². The Hall–Kier alpha value is -1.70. The third-order valence-corrected chi connectivity index (χ3v) is 6.67. The van der Waals surface area contributed by atoms with Crippen LogP contribution in [0.25, 0.3) is 0 Å². The van der Waals surface area contributed by atoms with Crippen LogP contribution in [-0.2, 0) is 14.8 Å². The van der Waals surface area contributed by atoms with Gasteiger partial charge in [-0.05, 0) is 55.5 Å². The van der Waals surface area contributed by atoms with E-state index in [4.69, 9.17) is 0 Å². The largest absolute Gasteiger partial charge is 0.326 e. The average Bonchev–Trinajstić information content (AvgIpc) is 2.60. The van der Waals surface area contributed by atoms with Crippen molar-refractivity contribution in [2.45, 2.75) is 30.7 Å². The van der Waals surface area contributed by atoms with E-state index < -0.39 is 10.0 Å². The van der Waals surface area contributed by atoms with Crippen molar-refractivity contribution in [1.29, 1.82) is 0 Å². The van der Waals surface area contributed by atoms with Crippen LogP contribution in [0.15, 0.2) is 41.8 Å². The zero-order valence-corrected chi connectivity index (χ0v) is 15.3. The standard InChI is InChI=1S/C18H25N3O3S/c1-3-14-12-21-9-8-15(14)10-17(21)11-19-25(23,24)18-6-4-16(5-7-18)20-13(2)22/h3-7,14-15,17,19H,1,8-12H2,2H3,(H,20,22). The first-order valence-corrected chi connectivity index (χ1v) is 10.1. The Labute approximate surface area is 149 Å². The van der Waals surface area contributed by atoms with Gasteiger partial charge in [0.25, 0.3) is 0 Å². The lowest BCUT2D eigenvalue weighted by atomic mass is 9.76. The van der Waals surface area contributed by atoms with Gasteiger partial charge in [0, 0.05) is 31.7 Å². The van der Waals surface area contributed by atoms with E-state index in [1.165, 1.54) is 25.5 Å². The maximum Gasteiger partial charge on any atom is 0.240 e. The minimum atomic E-state index is -3.55. The third-order valence-electron chi connectivity index (χ3n) is 5.23. The number of nitrogens with zero attached hydrogens (tertiary/aromatic N) is 1. The number of carbonyl (C=O) groups excluding carboxylic acids is 1. The molecule has 6 nitrogen and oxygen atoms in total. The first kappa shape index (κ1) is 18.1. The molecule has 1 aromatic carbocycles. The summed E-state index contributed by atoms with van der Waals surface area (Å²) in [4.78, 5) is 13.6. The van der Waals surface area contributed by atoms with Crippen LogP contribution in [-0.4, -0.2) is 44.9 Å². The summed E-state index contributed by atoms with van der Waals surface area (Å²) in [5, 5.41) is 2.63. The van der Waals surface area contributed by atoms with Crippen molar-refractivity contribution in [3.8, 4) is 0 Å². The lowest BCUT2D eigenvalue weighted by Gasteiger charge is -2.49. The monoisotopic (exact) mass is 363 g/mol. The SMILES string of the molecule is C=CC1CN2CCC1CC2CNS(=O)(=O)c1ccc(NC(C)=O)cc1. The molecule has 0 aliphatic carbocycles. The summed E-state index contributed by atoms with van der Waals surface area (Å²) in [7, 11) is -3.55. The Morgan fingerprint density at radius 3 is 2.64 bits per heavy atom. The second-order valence-corrected chi connectivity index (χ2v) is 8.66. The number of fused-ring (bicyclic) bond motifs is 3. The lowest BCUT2D eigenvalue weighted by Crippen LogP contribution is -2.56. The minimum Gasteiger partial charge on any atom is -0.326 e. The molecule has 1 amide bonds. The maximum absolute atomic E-state index is 12.5. The molecule has 4 rings (SSSR count). The molecule has 2 N–H and O–H groups in total. The van der Waals surface area contributed by atoms with E-state index in [9.17, 15) is 13.2 Å². The Morgan fingerprint density at radius 1 is 1.36 bits per heavy atom. The van der Waals surface area contributed by atoms with Gasteiger partial charge in [-0.15, -0.1) is 6.58 Å².